The van der Waals surface area contributed by atoms with Gasteiger partial charge in [0.25, 0.3) is 0 Å². The van der Waals surface area contributed by atoms with Crippen molar-refractivity contribution in [3.05, 3.63) is 75.9 Å². The van der Waals surface area contributed by atoms with Gasteiger partial charge in [-0.1, -0.05) is 12.1 Å². The van der Waals surface area contributed by atoms with E-state index in [4.69, 9.17) is 4.42 Å². The van der Waals surface area contributed by atoms with E-state index >= 15 is 0 Å². The van der Waals surface area contributed by atoms with Gasteiger partial charge in [-0.15, -0.1) is 0 Å². The van der Waals surface area contributed by atoms with Crippen molar-refractivity contribution in [2.75, 3.05) is 11.4 Å². The summed E-state index contributed by atoms with van der Waals surface area (Å²) >= 11 is 0. The molecular weight excluding hydrogens is 293 g/mol. The number of rotatable bonds is 4. The molecule has 0 saturated carbocycles. The normalized spacial score (nSPS) is 10.9. The fraction of sp³-hybridized carbons (Fsp3) is 0.211. The van der Waals surface area contributed by atoms with Crippen molar-refractivity contribution >= 4 is 16.7 Å². The van der Waals surface area contributed by atoms with Crippen LogP contribution in [0.4, 0.5) is 10.1 Å². The first-order valence-corrected chi connectivity index (χ1v) is 7.60. The van der Waals surface area contributed by atoms with E-state index in [1.807, 2.05) is 25.1 Å². The zero-order chi connectivity index (χ0) is 16.4. The molecule has 1 heterocycles. The Morgan fingerprint density at radius 3 is 2.52 bits per heavy atom. The lowest BCUT2D eigenvalue weighted by Gasteiger charge is -2.23. The van der Waals surface area contributed by atoms with Crippen LogP contribution in [0.15, 0.2) is 57.7 Å². The summed E-state index contributed by atoms with van der Waals surface area (Å²) < 4.78 is 18.3. The van der Waals surface area contributed by atoms with Gasteiger partial charge in [0.15, 0.2) is 0 Å². The van der Waals surface area contributed by atoms with Crippen LogP contribution in [0.2, 0.25) is 0 Å². The largest absolute Gasteiger partial charge is 0.423 e. The summed E-state index contributed by atoms with van der Waals surface area (Å²) in [6.45, 7) is 5.41. The van der Waals surface area contributed by atoms with Crippen molar-refractivity contribution in [1.82, 2.24) is 0 Å². The van der Waals surface area contributed by atoms with Crippen LogP contribution < -0.4 is 10.5 Å². The van der Waals surface area contributed by atoms with Crippen molar-refractivity contribution in [2.45, 2.75) is 20.4 Å². The second-order valence-corrected chi connectivity index (χ2v) is 5.57. The van der Waals surface area contributed by atoms with E-state index in [2.05, 4.69) is 11.8 Å². The highest BCUT2D eigenvalue weighted by molar-refractivity contribution is 5.83. The number of nitrogens with zero attached hydrogens (tertiary/aromatic N) is 1. The number of anilines is 1. The van der Waals surface area contributed by atoms with E-state index in [-0.39, 0.29) is 11.4 Å². The van der Waals surface area contributed by atoms with Gasteiger partial charge in [0.05, 0.1) is 0 Å². The lowest BCUT2D eigenvalue weighted by molar-refractivity contribution is 0.559. The zero-order valence-corrected chi connectivity index (χ0v) is 13.2. The van der Waals surface area contributed by atoms with E-state index in [0.29, 0.717) is 12.1 Å². The predicted octanol–water partition coefficient (Wildman–Crippen LogP) is 4.27. The fourth-order valence-corrected chi connectivity index (χ4v) is 2.71. The molecule has 0 N–H and O–H groups in total. The molecule has 3 aromatic rings. The number of halogens is 1. The highest BCUT2D eigenvalue weighted by Gasteiger charge is 2.09. The maximum absolute atomic E-state index is 13.0. The van der Waals surface area contributed by atoms with E-state index in [0.717, 1.165) is 28.7 Å². The molecule has 0 aliphatic carbocycles. The molecule has 2 aromatic carbocycles. The van der Waals surface area contributed by atoms with Gasteiger partial charge in [0, 0.05) is 36.3 Å². The first-order chi connectivity index (χ1) is 11.1. The molecule has 118 valence electrons. The van der Waals surface area contributed by atoms with Crippen LogP contribution in [0.1, 0.15) is 18.1 Å². The molecule has 3 nitrogen and oxygen atoms in total. The predicted molar refractivity (Wildman–Crippen MR) is 90.3 cm³/mol. The summed E-state index contributed by atoms with van der Waals surface area (Å²) in [5.41, 5.74) is 3.15. The minimum Gasteiger partial charge on any atom is -0.423 e. The highest BCUT2D eigenvalue weighted by atomic mass is 19.1. The Hall–Kier alpha value is -2.62. The van der Waals surface area contributed by atoms with E-state index < -0.39 is 0 Å². The summed E-state index contributed by atoms with van der Waals surface area (Å²) in [5.74, 6) is -0.236. The van der Waals surface area contributed by atoms with Gasteiger partial charge in [-0.3, -0.25) is 0 Å². The van der Waals surface area contributed by atoms with Crippen LogP contribution in [-0.2, 0) is 6.54 Å². The topological polar surface area (TPSA) is 33.5 Å². The number of aryl methyl sites for hydroxylation is 1. The van der Waals surface area contributed by atoms with Crippen LogP contribution in [-0.4, -0.2) is 6.54 Å². The summed E-state index contributed by atoms with van der Waals surface area (Å²) in [6.07, 6.45) is 0. The second kappa shape index (κ2) is 6.24. The average Bonchev–Trinajstić information content (AvgIpc) is 2.53. The van der Waals surface area contributed by atoms with Crippen molar-refractivity contribution < 1.29 is 8.81 Å². The minimum atomic E-state index is -0.339. The molecule has 0 aliphatic heterocycles. The lowest BCUT2D eigenvalue weighted by Crippen LogP contribution is -2.21. The van der Waals surface area contributed by atoms with Gasteiger partial charge in [-0.05, 0) is 49.2 Å². The first kappa shape index (κ1) is 15.3. The Morgan fingerprint density at radius 1 is 1.09 bits per heavy atom. The van der Waals surface area contributed by atoms with Gasteiger partial charge in [-0.2, -0.15) is 0 Å². The molecule has 0 bridgehead atoms. The maximum atomic E-state index is 13.0. The molecule has 4 heteroatoms. The number of fused-ring (bicyclic) bond motifs is 1. The smallest absolute Gasteiger partial charge is 0.336 e. The van der Waals surface area contributed by atoms with E-state index in [9.17, 15) is 9.18 Å². The van der Waals surface area contributed by atoms with E-state index in [1.54, 1.807) is 12.1 Å². The van der Waals surface area contributed by atoms with Crippen molar-refractivity contribution in [3.63, 3.8) is 0 Å². The summed E-state index contributed by atoms with van der Waals surface area (Å²) in [7, 11) is 0. The standard InChI is InChI=1S/C19H18FNO2/c1-3-21(12-14-4-6-15(20)7-5-14)16-8-9-17-13(2)10-19(22)23-18(17)11-16/h4-11H,3,12H2,1-2H3. The third-order valence-corrected chi connectivity index (χ3v) is 3.97. The Kier molecular flexibility index (Phi) is 4.15. The molecule has 0 radical (unpaired) electrons. The van der Waals surface area contributed by atoms with Gasteiger partial charge in [0.1, 0.15) is 11.4 Å². The lowest BCUT2D eigenvalue weighted by atomic mass is 10.1. The number of hydrogen-bond donors (Lipinski definition) is 0. The summed E-state index contributed by atoms with van der Waals surface area (Å²) in [4.78, 5) is 13.7. The fourth-order valence-electron chi connectivity index (χ4n) is 2.71. The van der Waals surface area contributed by atoms with Crippen molar-refractivity contribution in [1.29, 1.82) is 0 Å². The summed E-state index contributed by atoms with van der Waals surface area (Å²) in [5, 5.41) is 0.936. The van der Waals surface area contributed by atoms with Crippen molar-refractivity contribution in [2.24, 2.45) is 0 Å². The SMILES string of the molecule is CCN(Cc1ccc(F)cc1)c1ccc2c(C)cc(=O)oc2c1. The monoisotopic (exact) mass is 311 g/mol. The van der Waals surface area contributed by atoms with Gasteiger partial charge >= 0.3 is 5.63 Å². The molecular formula is C19H18FNO2. The third kappa shape index (κ3) is 3.26. The quantitative estimate of drug-likeness (QED) is 0.675. The van der Waals surface area contributed by atoms with E-state index in [1.165, 1.54) is 18.2 Å². The van der Waals surface area contributed by atoms with Crippen LogP contribution in [0.5, 0.6) is 0 Å². The molecule has 0 aliphatic rings. The summed E-state index contributed by atoms with van der Waals surface area (Å²) in [6, 6.07) is 13.9. The van der Waals surface area contributed by atoms with Gasteiger partial charge < -0.3 is 9.32 Å². The van der Waals surface area contributed by atoms with Crippen LogP contribution >= 0.6 is 0 Å². The number of benzene rings is 2. The molecule has 23 heavy (non-hydrogen) atoms. The zero-order valence-electron chi connectivity index (χ0n) is 13.2. The third-order valence-electron chi connectivity index (χ3n) is 3.97. The maximum Gasteiger partial charge on any atom is 0.336 e. The van der Waals surface area contributed by atoms with Crippen LogP contribution in [0, 0.1) is 12.7 Å². The van der Waals surface area contributed by atoms with Crippen LogP contribution in [0.3, 0.4) is 0 Å². The Labute approximate surface area is 134 Å². The first-order valence-electron chi connectivity index (χ1n) is 7.60. The van der Waals surface area contributed by atoms with Gasteiger partial charge in [-0.25, -0.2) is 9.18 Å². The minimum absolute atomic E-state index is 0.236. The molecule has 1 aromatic heterocycles. The molecule has 0 unspecified atom stereocenters. The Bertz CT molecular complexity index is 884. The molecule has 0 spiro atoms. The molecule has 0 amide bonds. The highest BCUT2D eigenvalue weighted by Crippen LogP contribution is 2.24. The molecule has 0 saturated heterocycles. The number of hydrogen-bond acceptors (Lipinski definition) is 3. The Morgan fingerprint density at radius 2 is 1.83 bits per heavy atom. The molecule has 0 fully saturated rings. The van der Waals surface area contributed by atoms with Gasteiger partial charge in [0.2, 0.25) is 0 Å². The average molecular weight is 311 g/mol. The molecule has 0 atom stereocenters. The Balaban J connectivity index is 1.96. The second-order valence-electron chi connectivity index (χ2n) is 5.57. The van der Waals surface area contributed by atoms with Crippen LogP contribution in [0.25, 0.3) is 11.0 Å². The molecule has 3 rings (SSSR count). The van der Waals surface area contributed by atoms with Crippen molar-refractivity contribution in [3.8, 4) is 0 Å².